The first kappa shape index (κ1) is 15.5. The Balaban J connectivity index is 1.69. The first-order valence-corrected chi connectivity index (χ1v) is 9.87. The second kappa shape index (κ2) is 6.45. The van der Waals surface area contributed by atoms with Crippen molar-refractivity contribution < 1.29 is 4.79 Å². The predicted molar refractivity (Wildman–Crippen MR) is 99.0 cm³/mol. The summed E-state index contributed by atoms with van der Waals surface area (Å²) in [5, 5.41) is 9.58. The maximum Gasteiger partial charge on any atom is 0.226 e. The average Bonchev–Trinajstić information content (AvgIpc) is 3.25. The van der Waals surface area contributed by atoms with Gasteiger partial charge >= 0.3 is 0 Å². The summed E-state index contributed by atoms with van der Waals surface area (Å²) < 4.78 is 1.89. The Morgan fingerprint density at radius 2 is 2.17 bits per heavy atom. The molecule has 1 amide bonds. The highest BCUT2D eigenvalue weighted by atomic mass is 32.2. The van der Waals surface area contributed by atoms with Crippen LogP contribution < -0.4 is 5.32 Å². The third kappa shape index (κ3) is 2.87. The molecule has 1 unspecified atom stereocenters. The highest BCUT2D eigenvalue weighted by molar-refractivity contribution is 7.98. The molecule has 1 atom stereocenters. The molecule has 4 nitrogen and oxygen atoms in total. The Morgan fingerprint density at radius 3 is 2.88 bits per heavy atom. The van der Waals surface area contributed by atoms with Crippen molar-refractivity contribution in [3.8, 4) is 0 Å². The number of thiophene rings is 1. The third-order valence-corrected chi connectivity index (χ3v) is 5.90. The molecule has 3 aromatic rings. The van der Waals surface area contributed by atoms with E-state index in [0.717, 1.165) is 11.4 Å². The summed E-state index contributed by atoms with van der Waals surface area (Å²) in [6.45, 7) is 0.686. The summed E-state index contributed by atoms with van der Waals surface area (Å²) in [6.07, 6.45) is 4.43. The topological polar surface area (TPSA) is 46.9 Å². The van der Waals surface area contributed by atoms with E-state index in [-0.39, 0.29) is 11.8 Å². The van der Waals surface area contributed by atoms with Gasteiger partial charge < -0.3 is 5.32 Å². The van der Waals surface area contributed by atoms with Crippen molar-refractivity contribution in [2.45, 2.75) is 23.8 Å². The number of carbonyl (C=O) groups excluding carboxylic acids is 1. The van der Waals surface area contributed by atoms with Crippen LogP contribution in [0.1, 0.15) is 28.3 Å². The molecular formula is C18H17N3OS2. The van der Waals surface area contributed by atoms with Crippen LogP contribution in [0.5, 0.6) is 0 Å². The van der Waals surface area contributed by atoms with Gasteiger partial charge in [-0.3, -0.25) is 4.79 Å². The number of fused-ring (bicyclic) bond motifs is 1. The molecular weight excluding hydrogens is 338 g/mol. The Hall–Kier alpha value is -2.05. The van der Waals surface area contributed by atoms with E-state index in [2.05, 4.69) is 52.4 Å². The Labute approximate surface area is 148 Å². The van der Waals surface area contributed by atoms with Crippen LogP contribution in [-0.2, 0) is 11.3 Å². The minimum Gasteiger partial charge on any atom is -0.311 e. The normalized spacial score (nSPS) is 16.7. The van der Waals surface area contributed by atoms with Crippen LogP contribution in [0.3, 0.4) is 0 Å². The number of rotatable bonds is 4. The lowest BCUT2D eigenvalue weighted by Gasteiger charge is -2.24. The number of anilines is 1. The molecule has 0 bridgehead atoms. The van der Waals surface area contributed by atoms with E-state index in [1.165, 1.54) is 15.3 Å². The zero-order valence-corrected chi connectivity index (χ0v) is 14.9. The molecule has 4 rings (SSSR count). The van der Waals surface area contributed by atoms with Crippen LogP contribution in [0.4, 0.5) is 5.82 Å². The molecule has 0 aliphatic carbocycles. The molecule has 0 saturated carbocycles. The van der Waals surface area contributed by atoms with Gasteiger partial charge in [0.1, 0.15) is 5.82 Å². The van der Waals surface area contributed by atoms with E-state index in [1.54, 1.807) is 23.1 Å². The SMILES string of the molecule is CSc1ccc(C2CC(=O)Nc3c2cnn3Cc2cccs2)cc1. The number of hydrogen-bond acceptors (Lipinski definition) is 4. The van der Waals surface area contributed by atoms with Crippen LogP contribution in [0.2, 0.25) is 0 Å². The molecule has 0 radical (unpaired) electrons. The Morgan fingerprint density at radius 1 is 1.33 bits per heavy atom. The molecule has 1 aromatic carbocycles. The fraction of sp³-hybridized carbons (Fsp3) is 0.222. The van der Waals surface area contributed by atoms with Crippen LogP contribution in [0.15, 0.2) is 52.9 Å². The molecule has 6 heteroatoms. The summed E-state index contributed by atoms with van der Waals surface area (Å²) in [5.41, 5.74) is 2.27. The highest BCUT2D eigenvalue weighted by Gasteiger charge is 2.29. The van der Waals surface area contributed by atoms with E-state index in [1.807, 2.05) is 16.9 Å². The van der Waals surface area contributed by atoms with Crippen LogP contribution >= 0.6 is 23.1 Å². The van der Waals surface area contributed by atoms with Crippen molar-refractivity contribution in [3.05, 3.63) is 64.0 Å². The predicted octanol–water partition coefficient (Wildman–Crippen LogP) is 4.19. The van der Waals surface area contributed by atoms with Gasteiger partial charge in [-0.1, -0.05) is 18.2 Å². The highest BCUT2D eigenvalue weighted by Crippen LogP contribution is 2.37. The van der Waals surface area contributed by atoms with Crippen molar-refractivity contribution in [2.24, 2.45) is 0 Å². The molecule has 0 fully saturated rings. The van der Waals surface area contributed by atoms with Gasteiger partial charge in [0, 0.05) is 27.7 Å². The van der Waals surface area contributed by atoms with Crippen molar-refractivity contribution in [3.63, 3.8) is 0 Å². The van der Waals surface area contributed by atoms with Crippen molar-refractivity contribution >= 4 is 34.8 Å². The van der Waals surface area contributed by atoms with Gasteiger partial charge in [0.25, 0.3) is 0 Å². The third-order valence-electron chi connectivity index (χ3n) is 4.29. The Bertz CT molecular complexity index is 853. The number of carbonyl (C=O) groups is 1. The van der Waals surface area contributed by atoms with Gasteiger partial charge in [-0.05, 0) is 35.4 Å². The lowest BCUT2D eigenvalue weighted by Crippen LogP contribution is -2.25. The van der Waals surface area contributed by atoms with E-state index in [0.29, 0.717) is 13.0 Å². The van der Waals surface area contributed by atoms with Crippen LogP contribution in [0, 0.1) is 0 Å². The number of hydrogen-bond donors (Lipinski definition) is 1. The fourth-order valence-electron chi connectivity index (χ4n) is 3.07. The van der Waals surface area contributed by atoms with E-state index < -0.39 is 0 Å². The monoisotopic (exact) mass is 355 g/mol. The fourth-order valence-corrected chi connectivity index (χ4v) is 4.17. The van der Waals surface area contributed by atoms with Gasteiger partial charge in [-0.2, -0.15) is 5.10 Å². The zero-order chi connectivity index (χ0) is 16.5. The lowest BCUT2D eigenvalue weighted by molar-refractivity contribution is -0.116. The number of amides is 1. The van der Waals surface area contributed by atoms with E-state index >= 15 is 0 Å². The minimum atomic E-state index is 0.0503. The summed E-state index contributed by atoms with van der Waals surface area (Å²) in [4.78, 5) is 14.7. The Kier molecular flexibility index (Phi) is 4.16. The average molecular weight is 355 g/mol. The number of nitrogens with one attached hydrogen (secondary N) is 1. The number of thioether (sulfide) groups is 1. The zero-order valence-electron chi connectivity index (χ0n) is 13.2. The molecule has 1 aliphatic heterocycles. The summed E-state index contributed by atoms with van der Waals surface area (Å²) >= 11 is 3.42. The minimum absolute atomic E-state index is 0.0503. The second-order valence-electron chi connectivity index (χ2n) is 5.76. The van der Waals surface area contributed by atoms with E-state index in [9.17, 15) is 4.79 Å². The standard InChI is InChI=1S/C18H17N3OS2/c1-23-13-6-4-12(5-7-13)15-9-17(22)20-18-16(15)10-19-21(18)11-14-3-2-8-24-14/h2-8,10,15H,9,11H2,1H3,(H,20,22). The van der Waals surface area contributed by atoms with Crippen molar-refractivity contribution in [2.75, 3.05) is 11.6 Å². The quantitative estimate of drug-likeness (QED) is 0.714. The van der Waals surface area contributed by atoms with E-state index in [4.69, 9.17) is 0 Å². The van der Waals surface area contributed by atoms with Crippen molar-refractivity contribution in [1.29, 1.82) is 0 Å². The molecule has 0 saturated heterocycles. The molecule has 24 heavy (non-hydrogen) atoms. The number of nitrogens with zero attached hydrogens (tertiary/aromatic N) is 2. The van der Waals surface area contributed by atoms with Gasteiger partial charge in [-0.25, -0.2) is 4.68 Å². The van der Waals surface area contributed by atoms with Gasteiger partial charge in [0.2, 0.25) is 5.91 Å². The molecule has 1 N–H and O–H groups in total. The lowest BCUT2D eigenvalue weighted by atomic mass is 9.87. The van der Waals surface area contributed by atoms with Crippen LogP contribution in [-0.4, -0.2) is 21.9 Å². The van der Waals surface area contributed by atoms with Crippen LogP contribution in [0.25, 0.3) is 0 Å². The molecule has 2 aromatic heterocycles. The largest absolute Gasteiger partial charge is 0.311 e. The molecule has 1 aliphatic rings. The molecule has 0 spiro atoms. The second-order valence-corrected chi connectivity index (χ2v) is 7.68. The maximum atomic E-state index is 12.2. The molecule has 3 heterocycles. The van der Waals surface area contributed by atoms with Gasteiger partial charge in [0.05, 0.1) is 12.7 Å². The maximum absolute atomic E-state index is 12.2. The molecule has 122 valence electrons. The first-order chi connectivity index (χ1) is 11.7. The smallest absolute Gasteiger partial charge is 0.226 e. The van der Waals surface area contributed by atoms with Gasteiger partial charge in [-0.15, -0.1) is 23.1 Å². The van der Waals surface area contributed by atoms with Crippen molar-refractivity contribution in [1.82, 2.24) is 9.78 Å². The summed E-state index contributed by atoms with van der Waals surface area (Å²) in [7, 11) is 0. The summed E-state index contributed by atoms with van der Waals surface area (Å²) in [6, 6.07) is 12.6. The number of aromatic nitrogens is 2. The summed E-state index contributed by atoms with van der Waals surface area (Å²) in [5.74, 6) is 0.953. The number of benzene rings is 1. The van der Waals surface area contributed by atoms with Gasteiger partial charge in [0.15, 0.2) is 0 Å². The first-order valence-electron chi connectivity index (χ1n) is 7.76.